The van der Waals surface area contributed by atoms with Gasteiger partial charge in [0.1, 0.15) is 0 Å². The van der Waals surface area contributed by atoms with Gasteiger partial charge in [-0.15, -0.1) is 0 Å². The summed E-state index contributed by atoms with van der Waals surface area (Å²) in [5.41, 5.74) is 6.45. The molecule has 1 aliphatic rings. The Morgan fingerprint density at radius 1 is 0.784 bits per heavy atom. The van der Waals surface area contributed by atoms with Gasteiger partial charge in [-0.2, -0.15) is 0 Å². The number of carbonyl (C=O) groups excluding carboxylic acids is 1. The van der Waals surface area contributed by atoms with Crippen LogP contribution in [-0.2, 0) is 17.6 Å². The predicted molar refractivity (Wildman–Crippen MR) is 161 cm³/mol. The number of rotatable bonds is 10. The van der Waals surface area contributed by atoms with Crippen LogP contribution in [0.5, 0.6) is 0 Å². The summed E-state index contributed by atoms with van der Waals surface area (Å²) in [6.45, 7) is 10.8. The van der Waals surface area contributed by atoms with E-state index in [9.17, 15) is 4.79 Å². The molecule has 0 N–H and O–H groups in total. The molecular weight excluding hydrogens is 474 g/mol. The Balaban J connectivity index is 1.66. The number of benzene rings is 3. The molecule has 0 aliphatic carbocycles. The molecule has 1 amide bonds. The van der Waals surface area contributed by atoms with Gasteiger partial charge in [0, 0.05) is 18.8 Å². The number of carbonyl (C=O) groups is 1. The van der Waals surface area contributed by atoms with Gasteiger partial charge in [0.2, 0.25) is 0 Å². The van der Waals surface area contributed by atoms with Crippen molar-refractivity contribution in [2.75, 3.05) is 22.9 Å². The lowest BCUT2D eigenvalue weighted by atomic mass is 10.1. The fourth-order valence-electron chi connectivity index (χ4n) is 4.42. The Morgan fingerprint density at radius 3 is 1.89 bits per heavy atom. The van der Waals surface area contributed by atoms with Crippen molar-refractivity contribution in [3.05, 3.63) is 94.4 Å². The SMILES string of the molecule is CCCN(CCC)c1ccc(/C=C2\SC(=Nc3ccc(CC)cc3)N(c3ccc(CC)cc3)C2=O)cc1. The van der Waals surface area contributed by atoms with Crippen LogP contribution in [0.2, 0.25) is 0 Å². The number of hydrogen-bond donors (Lipinski definition) is 0. The maximum Gasteiger partial charge on any atom is 0.271 e. The third-order valence-electron chi connectivity index (χ3n) is 6.52. The summed E-state index contributed by atoms with van der Waals surface area (Å²) in [5.74, 6) is -0.0409. The molecule has 192 valence electrons. The van der Waals surface area contributed by atoms with Crippen LogP contribution in [-0.4, -0.2) is 24.2 Å². The molecule has 1 heterocycles. The highest BCUT2D eigenvalue weighted by Crippen LogP contribution is 2.37. The number of hydrogen-bond acceptors (Lipinski definition) is 4. The molecule has 0 atom stereocenters. The molecule has 0 aromatic heterocycles. The first-order valence-electron chi connectivity index (χ1n) is 13.4. The van der Waals surface area contributed by atoms with Crippen molar-refractivity contribution in [2.24, 2.45) is 4.99 Å². The number of amidine groups is 1. The lowest BCUT2D eigenvalue weighted by Crippen LogP contribution is -2.28. The molecule has 5 heteroatoms. The Hall–Kier alpha value is -3.31. The van der Waals surface area contributed by atoms with E-state index in [0.717, 1.165) is 55.7 Å². The highest BCUT2D eigenvalue weighted by Gasteiger charge is 2.34. The van der Waals surface area contributed by atoms with E-state index in [1.165, 1.54) is 28.6 Å². The molecule has 0 unspecified atom stereocenters. The molecule has 4 nitrogen and oxygen atoms in total. The number of aryl methyl sites for hydroxylation is 2. The minimum absolute atomic E-state index is 0.0409. The van der Waals surface area contributed by atoms with E-state index in [1.54, 1.807) is 4.90 Å². The van der Waals surface area contributed by atoms with Crippen molar-refractivity contribution in [3.8, 4) is 0 Å². The topological polar surface area (TPSA) is 35.9 Å². The van der Waals surface area contributed by atoms with Crippen LogP contribution in [0.1, 0.15) is 57.2 Å². The lowest BCUT2D eigenvalue weighted by molar-refractivity contribution is -0.113. The molecule has 37 heavy (non-hydrogen) atoms. The number of nitrogens with zero attached hydrogens (tertiary/aromatic N) is 3. The van der Waals surface area contributed by atoms with Gasteiger partial charge in [-0.25, -0.2) is 4.99 Å². The molecule has 4 rings (SSSR count). The smallest absolute Gasteiger partial charge is 0.271 e. The van der Waals surface area contributed by atoms with Crippen LogP contribution in [0.3, 0.4) is 0 Å². The molecule has 1 fully saturated rings. The van der Waals surface area contributed by atoms with E-state index in [4.69, 9.17) is 4.99 Å². The third kappa shape index (κ3) is 6.53. The third-order valence-corrected chi connectivity index (χ3v) is 7.49. The number of amides is 1. The molecule has 0 radical (unpaired) electrons. The minimum Gasteiger partial charge on any atom is -0.372 e. The zero-order valence-electron chi connectivity index (χ0n) is 22.4. The van der Waals surface area contributed by atoms with Gasteiger partial charge < -0.3 is 4.90 Å². The Bertz CT molecular complexity index is 1240. The van der Waals surface area contributed by atoms with Crippen molar-refractivity contribution < 1.29 is 4.79 Å². The van der Waals surface area contributed by atoms with E-state index in [0.29, 0.717) is 10.1 Å². The van der Waals surface area contributed by atoms with Gasteiger partial charge in [0.05, 0.1) is 16.3 Å². The second-order valence-electron chi connectivity index (χ2n) is 9.26. The summed E-state index contributed by atoms with van der Waals surface area (Å²) in [6, 6.07) is 25.0. The van der Waals surface area contributed by atoms with Gasteiger partial charge in [-0.05, 0) is 96.6 Å². The Kier molecular flexibility index (Phi) is 9.24. The van der Waals surface area contributed by atoms with Crippen LogP contribution in [0.25, 0.3) is 6.08 Å². The van der Waals surface area contributed by atoms with Crippen LogP contribution < -0.4 is 9.80 Å². The van der Waals surface area contributed by atoms with E-state index >= 15 is 0 Å². The van der Waals surface area contributed by atoms with Crippen molar-refractivity contribution in [1.29, 1.82) is 0 Å². The maximum atomic E-state index is 13.7. The molecule has 3 aromatic carbocycles. The maximum absolute atomic E-state index is 13.7. The van der Waals surface area contributed by atoms with Gasteiger partial charge >= 0.3 is 0 Å². The first kappa shape index (κ1) is 26.7. The average molecular weight is 512 g/mol. The standard InChI is InChI=1S/C32H37N3OS/c1-5-21-34(22-6-2)28-17-13-26(14-18-28)23-30-31(36)35(29-19-11-25(8-4)12-20-29)32(37-30)33-27-15-9-24(7-3)10-16-27/h9-20,23H,5-8,21-22H2,1-4H3/b30-23-,33-32?. The van der Waals surface area contributed by atoms with Gasteiger partial charge in [0.25, 0.3) is 5.91 Å². The van der Waals surface area contributed by atoms with Crippen molar-refractivity contribution in [3.63, 3.8) is 0 Å². The second kappa shape index (κ2) is 12.8. The molecule has 0 spiro atoms. The zero-order valence-corrected chi connectivity index (χ0v) is 23.2. The fraction of sp³-hybridized carbons (Fsp3) is 0.312. The van der Waals surface area contributed by atoms with E-state index < -0.39 is 0 Å². The Labute approximate surface area is 226 Å². The normalized spacial score (nSPS) is 15.7. The Morgan fingerprint density at radius 2 is 1.35 bits per heavy atom. The monoisotopic (exact) mass is 511 g/mol. The zero-order chi connectivity index (χ0) is 26.2. The van der Waals surface area contributed by atoms with Crippen molar-refractivity contribution >= 4 is 46.0 Å². The van der Waals surface area contributed by atoms with Crippen LogP contribution in [0, 0.1) is 0 Å². The van der Waals surface area contributed by atoms with Crippen LogP contribution in [0.4, 0.5) is 17.1 Å². The van der Waals surface area contributed by atoms with Gasteiger partial charge in [0.15, 0.2) is 5.17 Å². The first-order valence-corrected chi connectivity index (χ1v) is 14.2. The van der Waals surface area contributed by atoms with Gasteiger partial charge in [-0.1, -0.05) is 64.1 Å². The summed E-state index contributed by atoms with van der Waals surface area (Å²) < 4.78 is 0. The van der Waals surface area contributed by atoms with Crippen molar-refractivity contribution in [1.82, 2.24) is 0 Å². The molecule has 1 aliphatic heterocycles. The van der Waals surface area contributed by atoms with Crippen molar-refractivity contribution in [2.45, 2.75) is 53.4 Å². The summed E-state index contributed by atoms with van der Waals surface area (Å²) in [6.07, 6.45) is 6.17. The summed E-state index contributed by atoms with van der Waals surface area (Å²) >= 11 is 1.44. The average Bonchev–Trinajstić information content (AvgIpc) is 3.23. The summed E-state index contributed by atoms with van der Waals surface area (Å²) in [7, 11) is 0. The molecule has 0 bridgehead atoms. The van der Waals surface area contributed by atoms with E-state index in [1.807, 2.05) is 30.3 Å². The quantitative estimate of drug-likeness (QED) is 0.257. The predicted octanol–water partition coefficient (Wildman–Crippen LogP) is 8.25. The van der Waals surface area contributed by atoms with Gasteiger partial charge in [-0.3, -0.25) is 9.69 Å². The van der Waals surface area contributed by atoms with Crippen LogP contribution in [0.15, 0.2) is 82.7 Å². The summed E-state index contributed by atoms with van der Waals surface area (Å²) in [5, 5.41) is 0.679. The number of thioether (sulfide) groups is 1. The molecular formula is C32H37N3OS. The highest BCUT2D eigenvalue weighted by molar-refractivity contribution is 8.19. The van der Waals surface area contributed by atoms with E-state index in [-0.39, 0.29) is 5.91 Å². The van der Waals surface area contributed by atoms with E-state index in [2.05, 4.69) is 81.1 Å². The molecule has 1 saturated heterocycles. The lowest BCUT2D eigenvalue weighted by Gasteiger charge is -2.23. The molecule has 3 aromatic rings. The van der Waals surface area contributed by atoms with Crippen LogP contribution >= 0.6 is 11.8 Å². The number of anilines is 2. The highest BCUT2D eigenvalue weighted by atomic mass is 32.2. The number of aliphatic imine (C=N–C) groups is 1. The largest absolute Gasteiger partial charge is 0.372 e. The minimum atomic E-state index is -0.0409. The second-order valence-corrected chi connectivity index (χ2v) is 10.3. The molecule has 0 saturated carbocycles. The fourth-order valence-corrected chi connectivity index (χ4v) is 5.42. The first-order chi connectivity index (χ1) is 18.1. The summed E-state index contributed by atoms with van der Waals surface area (Å²) in [4.78, 5) is 23.4.